The van der Waals surface area contributed by atoms with Gasteiger partial charge in [0.1, 0.15) is 123 Å². The van der Waals surface area contributed by atoms with Crippen molar-refractivity contribution in [1.82, 2.24) is 26.2 Å². The molecule has 0 radical (unpaired) electrons. The number of quaternary nitrogens is 1. The zero-order chi connectivity index (χ0) is 71.9. The van der Waals surface area contributed by atoms with Crippen molar-refractivity contribution >= 4 is 42.7 Å². The SMILES string of the molecule is CCN(CC)CCOCC1OC(OC2C(COCC(=O)[O-])OC(OC3C(COCC[N+](CC)(CC)CCN(CC)CC)OC(ON[C@H](C=O)CCC(=O)O)C(O)C3O)C(O)C2O)C(O)C(O)C1OC1OC(CON[C@H](C=O)CCC(=O)O)C(ON[C@H](C=O)CCC(=O)O)C(O)C1O. The number of hydroxylamine groups is 3. The van der Waals surface area contributed by atoms with E-state index in [1.54, 1.807) is 0 Å². The highest BCUT2D eigenvalue weighted by molar-refractivity contribution is 5.69. The van der Waals surface area contributed by atoms with E-state index in [0.29, 0.717) is 49.5 Å². The zero-order valence-corrected chi connectivity index (χ0v) is 55.6. The normalized spacial score (nSPS) is 32.0. The van der Waals surface area contributed by atoms with Gasteiger partial charge in [-0.1, -0.05) is 27.7 Å². The third kappa shape index (κ3) is 26.9. The van der Waals surface area contributed by atoms with Crippen LogP contribution < -0.4 is 21.5 Å². The van der Waals surface area contributed by atoms with Crippen molar-refractivity contribution in [3.63, 3.8) is 0 Å². The summed E-state index contributed by atoms with van der Waals surface area (Å²) >= 11 is 0. The Morgan fingerprint density at radius 2 is 0.825 bits per heavy atom. The summed E-state index contributed by atoms with van der Waals surface area (Å²) in [6.07, 6.45) is -39.5. The molecule has 0 spiro atoms. The highest BCUT2D eigenvalue weighted by atomic mass is 16.8. The van der Waals surface area contributed by atoms with E-state index in [0.717, 1.165) is 39.3 Å². The first-order valence-corrected chi connectivity index (χ1v) is 32.7. The lowest BCUT2D eigenvalue weighted by atomic mass is 9.95. The van der Waals surface area contributed by atoms with Gasteiger partial charge in [0, 0.05) is 32.4 Å². The number of ether oxygens (including phenoxy) is 10. The van der Waals surface area contributed by atoms with E-state index < -0.39 is 211 Å². The zero-order valence-electron chi connectivity index (χ0n) is 55.6. The number of hydrogen-bond donors (Lipinski definition) is 14. The Morgan fingerprint density at radius 3 is 1.23 bits per heavy atom. The molecule has 14 N–H and O–H groups in total. The van der Waals surface area contributed by atoms with Crippen LogP contribution in [0.2, 0.25) is 0 Å². The largest absolute Gasteiger partial charge is 0.548 e. The predicted molar refractivity (Wildman–Crippen MR) is 323 cm³/mol. The van der Waals surface area contributed by atoms with Gasteiger partial charge in [-0.3, -0.25) is 33.8 Å². The Kier molecular flexibility index (Phi) is 38.9. The van der Waals surface area contributed by atoms with Crippen LogP contribution in [0.5, 0.6) is 0 Å². The van der Waals surface area contributed by atoms with E-state index >= 15 is 0 Å². The minimum Gasteiger partial charge on any atom is -0.548 e. The van der Waals surface area contributed by atoms with Crippen molar-refractivity contribution in [2.24, 2.45) is 0 Å². The number of aliphatic hydroxyl groups excluding tert-OH is 8. The summed E-state index contributed by atoms with van der Waals surface area (Å²) in [6.45, 7) is 15.7. The number of carbonyl (C=O) groups is 7. The van der Waals surface area contributed by atoms with E-state index in [4.69, 9.17) is 67.0 Å². The third-order valence-electron chi connectivity index (χ3n) is 17.5. The molecule has 0 aliphatic carbocycles. The van der Waals surface area contributed by atoms with Crippen LogP contribution in [0.25, 0.3) is 0 Å². The van der Waals surface area contributed by atoms with Gasteiger partial charge in [-0.2, -0.15) is 16.4 Å². The molecule has 0 amide bonds. The maximum Gasteiger partial charge on any atom is 0.303 e. The fraction of sp³-hybridized carbons (Fsp3) is 0.881. The second kappa shape index (κ2) is 44.2. The number of carboxylic acid groups (broad SMARTS) is 4. The number of carbonyl (C=O) groups excluding carboxylic acids is 4. The fourth-order valence-electron chi connectivity index (χ4n) is 11.1. The lowest BCUT2D eigenvalue weighted by Crippen LogP contribution is -2.68. The summed E-state index contributed by atoms with van der Waals surface area (Å²) in [5.41, 5.74) is 7.01. The Labute approximate surface area is 561 Å². The van der Waals surface area contributed by atoms with Gasteiger partial charge < -0.3 is 137 Å². The molecular formula is C59H104N6O32. The van der Waals surface area contributed by atoms with Crippen LogP contribution in [-0.2, 0) is 95.4 Å². The van der Waals surface area contributed by atoms with Gasteiger partial charge in [0.25, 0.3) is 0 Å². The highest BCUT2D eigenvalue weighted by Gasteiger charge is 2.56. The Morgan fingerprint density at radius 1 is 0.464 bits per heavy atom. The minimum absolute atomic E-state index is 0.0285. The fourth-order valence-corrected chi connectivity index (χ4v) is 11.1. The van der Waals surface area contributed by atoms with Gasteiger partial charge in [-0.05, 0) is 59.3 Å². The van der Waals surface area contributed by atoms with Gasteiger partial charge in [0.15, 0.2) is 18.9 Å². The molecule has 4 fully saturated rings. The number of aliphatic carboxylic acids is 4. The third-order valence-corrected chi connectivity index (χ3v) is 17.5. The van der Waals surface area contributed by atoms with E-state index in [1.165, 1.54) is 0 Å². The summed E-state index contributed by atoms with van der Waals surface area (Å²) in [7, 11) is 0. The van der Waals surface area contributed by atoms with Crippen molar-refractivity contribution in [3.05, 3.63) is 0 Å². The number of nitrogens with one attached hydrogen (secondary N) is 3. The van der Waals surface area contributed by atoms with Crippen molar-refractivity contribution in [3.8, 4) is 0 Å². The van der Waals surface area contributed by atoms with Crippen molar-refractivity contribution in [1.29, 1.82) is 0 Å². The molecule has 0 bridgehead atoms. The van der Waals surface area contributed by atoms with Crippen LogP contribution in [0, 0.1) is 0 Å². The first kappa shape index (κ1) is 85.2. The topological polar surface area (TPSA) is 528 Å². The standard InChI is InChI=1S/C59H104N6O32/c1-7-63(8-2)19-21-65(11-5,12-6)22-24-86-29-37-53(46(79)51(84)59(92-37)97-62-35(27-68)15-18-42(73)74)94-57-49(82)45(78)54(38(90-57)30-87-32-43(75)76)95-56-48(81)44(77)52(36(89-56)28-85-23-20-64(9-3)10-4)93-58-50(83)47(80)55(96-61-34(26-67)14-17-41(71)72)39(91-58)31-88-60-33(25-66)13-16-40(69)70/h25-27,33-39,44-62,77-84H,7-24,28-32H2,1-6H3,(H3-,69,70,71,72,73,74,75,76)/t33-,34-,35-,36?,37?,38?,39?,44?,45?,46?,47?,48?,49?,50?,51?,52?,53?,54?,55?,56?,57?,58?,59?/m0/s1. The molecule has 0 aromatic heterocycles. The summed E-state index contributed by atoms with van der Waals surface area (Å²) in [6, 6.07) is -3.68. The molecule has 562 valence electrons. The first-order valence-electron chi connectivity index (χ1n) is 32.7. The smallest absolute Gasteiger partial charge is 0.303 e. The monoisotopic (exact) mass is 1410 g/mol. The second-order valence-electron chi connectivity index (χ2n) is 23.8. The van der Waals surface area contributed by atoms with Gasteiger partial charge in [-0.25, -0.2) is 0 Å². The Balaban J connectivity index is 1.65. The van der Waals surface area contributed by atoms with Gasteiger partial charge in [0.2, 0.25) is 6.29 Å². The molecule has 4 heterocycles. The van der Waals surface area contributed by atoms with Crippen molar-refractivity contribution < 1.29 is 161 Å². The average Bonchev–Trinajstić information content (AvgIpc) is 0.780. The number of rotatable bonds is 51. The second-order valence-corrected chi connectivity index (χ2v) is 23.8. The molecule has 4 rings (SSSR count). The molecule has 38 nitrogen and oxygen atoms in total. The summed E-state index contributed by atoms with van der Waals surface area (Å²) < 4.78 is 61.0. The maximum absolute atomic E-state index is 12.0. The van der Waals surface area contributed by atoms with E-state index in [2.05, 4.69) is 49.0 Å². The van der Waals surface area contributed by atoms with Crippen molar-refractivity contribution in [2.75, 3.05) is 112 Å². The van der Waals surface area contributed by atoms with Crippen molar-refractivity contribution in [2.45, 2.75) is 221 Å². The summed E-state index contributed by atoms with van der Waals surface area (Å²) in [4.78, 5) is 102. The first-order chi connectivity index (χ1) is 46.3. The van der Waals surface area contributed by atoms with E-state index in [9.17, 15) is 89.7 Å². The number of aldehydes is 3. The number of hydrogen-bond acceptors (Lipinski definition) is 34. The lowest BCUT2D eigenvalue weighted by Gasteiger charge is -2.49. The van der Waals surface area contributed by atoms with Crippen LogP contribution >= 0.6 is 0 Å². The predicted octanol–water partition coefficient (Wildman–Crippen LogP) is -7.50. The minimum atomic E-state index is -2.23. The Hall–Kier alpha value is -4.19. The molecule has 0 aromatic rings. The van der Waals surface area contributed by atoms with Crippen LogP contribution in [0.3, 0.4) is 0 Å². The van der Waals surface area contributed by atoms with Crippen LogP contribution in [-0.4, -0.2) is 366 Å². The number of aliphatic hydroxyl groups is 8. The summed E-state index contributed by atoms with van der Waals surface area (Å²) in [5, 5.41) is 133. The number of likely N-dealkylation sites (N-methyl/N-ethyl adjacent to an activating group) is 3. The molecule has 4 saturated heterocycles. The van der Waals surface area contributed by atoms with Gasteiger partial charge >= 0.3 is 17.9 Å². The molecule has 4 aliphatic heterocycles. The van der Waals surface area contributed by atoms with Crippen LogP contribution in [0.15, 0.2) is 0 Å². The van der Waals surface area contributed by atoms with Gasteiger partial charge in [0.05, 0.1) is 90.0 Å². The Bertz CT molecular complexity index is 2300. The molecule has 23 atom stereocenters. The van der Waals surface area contributed by atoms with Crippen LogP contribution in [0.1, 0.15) is 80.1 Å². The lowest BCUT2D eigenvalue weighted by molar-refractivity contribution is -0.924. The average molecular weight is 1410 g/mol. The highest BCUT2D eigenvalue weighted by Crippen LogP contribution is 2.36. The van der Waals surface area contributed by atoms with E-state index in [1.807, 2.05) is 18.7 Å². The molecule has 97 heavy (non-hydrogen) atoms. The quantitative estimate of drug-likeness (QED) is 0.0116. The van der Waals surface area contributed by atoms with Gasteiger partial charge in [-0.15, -0.1) is 0 Å². The molecule has 0 saturated carbocycles. The number of nitrogens with zero attached hydrogens (tertiary/aromatic N) is 3. The molecule has 20 unspecified atom stereocenters. The molecule has 0 aromatic carbocycles. The molecule has 4 aliphatic rings. The summed E-state index contributed by atoms with van der Waals surface area (Å²) in [5.74, 6) is -5.40. The molecule has 38 heteroatoms. The number of carboxylic acids is 4. The van der Waals surface area contributed by atoms with E-state index in [-0.39, 0.29) is 39.1 Å². The molecular weight excluding hydrogens is 1300 g/mol. The van der Waals surface area contributed by atoms with Crippen LogP contribution in [0.4, 0.5) is 0 Å². The maximum atomic E-state index is 12.0.